The van der Waals surface area contributed by atoms with Crippen molar-refractivity contribution >= 4 is 5.82 Å². The Balaban J connectivity index is 3.03. The molecular formula is C8H11N3O3. The van der Waals surface area contributed by atoms with Crippen LogP contribution in [0.1, 0.15) is 5.56 Å². The number of aliphatic hydroxyl groups excluding tert-OH is 1. The van der Waals surface area contributed by atoms with Crippen molar-refractivity contribution in [2.75, 3.05) is 11.9 Å². The van der Waals surface area contributed by atoms with Gasteiger partial charge in [-0.05, 0) is 6.92 Å². The molecule has 1 heterocycles. The number of aromatic amines is 2. The van der Waals surface area contributed by atoms with E-state index in [1.165, 1.54) is 0 Å². The number of rotatable bonds is 3. The summed E-state index contributed by atoms with van der Waals surface area (Å²) in [5, 5.41) is 11.5. The molecule has 1 aromatic rings. The average Bonchev–Trinajstić information content (AvgIpc) is 2.08. The SMILES string of the molecule is C=C(O)CNc1[nH]c(=O)[nH]c(=O)c1C. The van der Waals surface area contributed by atoms with Crippen molar-refractivity contribution in [1.29, 1.82) is 0 Å². The summed E-state index contributed by atoms with van der Waals surface area (Å²) in [4.78, 5) is 26.4. The van der Waals surface area contributed by atoms with Crippen LogP contribution < -0.4 is 16.6 Å². The molecule has 6 nitrogen and oxygen atoms in total. The second-order valence-corrected chi connectivity index (χ2v) is 2.83. The van der Waals surface area contributed by atoms with Gasteiger partial charge in [0.05, 0.1) is 12.1 Å². The van der Waals surface area contributed by atoms with E-state index in [9.17, 15) is 9.59 Å². The highest BCUT2D eigenvalue weighted by Gasteiger charge is 2.03. The summed E-state index contributed by atoms with van der Waals surface area (Å²) in [6, 6.07) is 0. The molecular weight excluding hydrogens is 186 g/mol. The van der Waals surface area contributed by atoms with E-state index in [-0.39, 0.29) is 18.1 Å². The summed E-state index contributed by atoms with van der Waals surface area (Å²) >= 11 is 0. The average molecular weight is 197 g/mol. The Bertz CT molecular complexity index is 458. The maximum atomic E-state index is 11.1. The third-order valence-electron chi connectivity index (χ3n) is 1.65. The zero-order chi connectivity index (χ0) is 10.7. The standard InChI is InChI=1S/C8H11N3O3/c1-4(12)3-9-6-5(2)7(13)11-8(14)10-6/h12H,1,3H2,2H3,(H3,9,10,11,13,14). The van der Waals surface area contributed by atoms with Crippen molar-refractivity contribution in [3.8, 4) is 0 Å². The van der Waals surface area contributed by atoms with Crippen molar-refractivity contribution in [1.82, 2.24) is 9.97 Å². The molecule has 6 heteroatoms. The van der Waals surface area contributed by atoms with E-state index < -0.39 is 11.2 Å². The van der Waals surface area contributed by atoms with Gasteiger partial charge in [-0.1, -0.05) is 6.58 Å². The van der Waals surface area contributed by atoms with E-state index in [2.05, 4.69) is 21.9 Å². The third kappa shape index (κ3) is 2.25. The Morgan fingerprint density at radius 1 is 1.50 bits per heavy atom. The molecule has 0 bridgehead atoms. The van der Waals surface area contributed by atoms with Crippen LogP contribution in [0.2, 0.25) is 0 Å². The fourth-order valence-electron chi connectivity index (χ4n) is 0.916. The molecule has 0 unspecified atom stereocenters. The first-order valence-corrected chi connectivity index (χ1v) is 3.94. The highest BCUT2D eigenvalue weighted by Crippen LogP contribution is 2.01. The Labute approximate surface area is 79.3 Å². The molecule has 4 N–H and O–H groups in total. The highest BCUT2D eigenvalue weighted by molar-refractivity contribution is 5.41. The lowest BCUT2D eigenvalue weighted by molar-refractivity contribution is 0.410. The van der Waals surface area contributed by atoms with E-state index >= 15 is 0 Å². The lowest BCUT2D eigenvalue weighted by Crippen LogP contribution is -2.26. The third-order valence-corrected chi connectivity index (χ3v) is 1.65. The van der Waals surface area contributed by atoms with Crippen molar-refractivity contribution in [3.05, 3.63) is 38.7 Å². The topological polar surface area (TPSA) is 98.0 Å². The zero-order valence-corrected chi connectivity index (χ0v) is 7.68. The molecule has 1 rings (SSSR count). The quantitative estimate of drug-likeness (QED) is 0.507. The molecule has 0 aliphatic heterocycles. The Hall–Kier alpha value is -1.98. The molecule has 0 saturated carbocycles. The van der Waals surface area contributed by atoms with Crippen LogP contribution in [0, 0.1) is 6.92 Å². The number of aromatic nitrogens is 2. The monoisotopic (exact) mass is 197 g/mol. The number of aliphatic hydroxyl groups is 1. The number of hydrogen-bond donors (Lipinski definition) is 4. The Morgan fingerprint density at radius 3 is 2.71 bits per heavy atom. The minimum absolute atomic E-state index is 0.0782. The Morgan fingerprint density at radius 2 is 2.14 bits per heavy atom. The van der Waals surface area contributed by atoms with Gasteiger partial charge in [-0.15, -0.1) is 0 Å². The van der Waals surface area contributed by atoms with Crippen LogP contribution >= 0.6 is 0 Å². The molecule has 0 atom stereocenters. The van der Waals surface area contributed by atoms with Gasteiger partial charge >= 0.3 is 5.69 Å². The Kier molecular flexibility index (Phi) is 2.76. The smallest absolute Gasteiger partial charge is 0.327 e. The second kappa shape index (κ2) is 3.82. The first kappa shape index (κ1) is 10.1. The maximum Gasteiger partial charge on any atom is 0.327 e. The van der Waals surface area contributed by atoms with Crippen LogP contribution in [-0.4, -0.2) is 21.6 Å². The van der Waals surface area contributed by atoms with E-state index in [0.29, 0.717) is 5.56 Å². The predicted molar refractivity (Wildman–Crippen MR) is 52.7 cm³/mol. The molecule has 0 aliphatic carbocycles. The maximum absolute atomic E-state index is 11.1. The van der Waals surface area contributed by atoms with E-state index in [1.54, 1.807) is 6.92 Å². The van der Waals surface area contributed by atoms with Crippen molar-refractivity contribution in [2.45, 2.75) is 6.92 Å². The first-order chi connectivity index (χ1) is 6.50. The van der Waals surface area contributed by atoms with E-state index in [0.717, 1.165) is 0 Å². The minimum atomic E-state index is -0.591. The molecule has 0 saturated heterocycles. The van der Waals surface area contributed by atoms with Gasteiger partial charge in [-0.2, -0.15) is 0 Å². The summed E-state index contributed by atoms with van der Waals surface area (Å²) < 4.78 is 0. The van der Waals surface area contributed by atoms with Crippen molar-refractivity contribution in [3.63, 3.8) is 0 Å². The first-order valence-electron chi connectivity index (χ1n) is 3.94. The fourth-order valence-corrected chi connectivity index (χ4v) is 0.916. The molecule has 0 aliphatic rings. The van der Waals surface area contributed by atoms with Gasteiger partial charge in [0, 0.05) is 0 Å². The summed E-state index contributed by atoms with van der Waals surface area (Å²) in [5.74, 6) is 0.208. The van der Waals surface area contributed by atoms with Gasteiger partial charge in [-0.25, -0.2) is 4.79 Å². The van der Waals surface area contributed by atoms with Crippen LogP contribution in [0.5, 0.6) is 0 Å². The van der Waals surface area contributed by atoms with Crippen LogP contribution in [0.15, 0.2) is 21.9 Å². The molecule has 0 aromatic carbocycles. The summed E-state index contributed by atoms with van der Waals surface area (Å²) in [5.41, 5.74) is -0.697. The van der Waals surface area contributed by atoms with E-state index in [1.807, 2.05) is 0 Å². The van der Waals surface area contributed by atoms with Crippen molar-refractivity contribution < 1.29 is 5.11 Å². The lowest BCUT2D eigenvalue weighted by atomic mass is 10.3. The largest absolute Gasteiger partial charge is 0.511 e. The van der Waals surface area contributed by atoms with Crippen LogP contribution in [0.25, 0.3) is 0 Å². The minimum Gasteiger partial charge on any atom is -0.511 e. The molecule has 0 spiro atoms. The van der Waals surface area contributed by atoms with Gasteiger partial charge in [0.25, 0.3) is 5.56 Å². The van der Waals surface area contributed by atoms with Crippen molar-refractivity contribution in [2.24, 2.45) is 0 Å². The number of hydrogen-bond acceptors (Lipinski definition) is 4. The lowest BCUT2D eigenvalue weighted by Gasteiger charge is -2.06. The summed E-state index contributed by atoms with van der Waals surface area (Å²) in [7, 11) is 0. The van der Waals surface area contributed by atoms with Crippen LogP contribution in [0.4, 0.5) is 5.82 Å². The van der Waals surface area contributed by atoms with Gasteiger partial charge in [-0.3, -0.25) is 14.8 Å². The zero-order valence-electron chi connectivity index (χ0n) is 7.68. The van der Waals surface area contributed by atoms with Gasteiger partial charge in [0.1, 0.15) is 11.6 Å². The highest BCUT2D eigenvalue weighted by atomic mass is 16.3. The summed E-state index contributed by atoms with van der Waals surface area (Å²) in [6.45, 7) is 4.90. The molecule has 1 aromatic heterocycles. The van der Waals surface area contributed by atoms with Gasteiger partial charge in [0.2, 0.25) is 0 Å². The second-order valence-electron chi connectivity index (χ2n) is 2.83. The number of H-pyrrole nitrogens is 2. The van der Waals surface area contributed by atoms with E-state index in [4.69, 9.17) is 5.11 Å². The molecule has 0 amide bonds. The molecule has 76 valence electrons. The summed E-state index contributed by atoms with van der Waals surface area (Å²) in [6.07, 6.45) is 0. The molecule has 0 radical (unpaired) electrons. The fraction of sp³-hybridized carbons (Fsp3) is 0.250. The van der Waals surface area contributed by atoms with Crippen LogP contribution in [0.3, 0.4) is 0 Å². The molecule has 0 fully saturated rings. The van der Waals surface area contributed by atoms with Crippen LogP contribution in [-0.2, 0) is 0 Å². The number of anilines is 1. The van der Waals surface area contributed by atoms with Gasteiger partial charge < -0.3 is 10.4 Å². The predicted octanol–water partition coefficient (Wildman–Crippen LogP) is -0.145. The van der Waals surface area contributed by atoms with Gasteiger partial charge in [0.15, 0.2) is 0 Å². The normalized spacial score (nSPS) is 9.79. The molecule has 14 heavy (non-hydrogen) atoms. The number of nitrogens with one attached hydrogen (secondary N) is 3.